The summed E-state index contributed by atoms with van der Waals surface area (Å²) in [5, 5.41) is 3.68. The first kappa shape index (κ1) is 15.9. The summed E-state index contributed by atoms with van der Waals surface area (Å²) < 4.78 is 5.59. The molecule has 1 saturated heterocycles. The van der Waals surface area contributed by atoms with Gasteiger partial charge in [0.15, 0.2) is 0 Å². The Bertz CT molecular complexity index is 221. The molecule has 0 aromatic carbocycles. The van der Waals surface area contributed by atoms with Crippen molar-refractivity contribution < 1.29 is 4.74 Å². The van der Waals surface area contributed by atoms with Crippen molar-refractivity contribution in [3.63, 3.8) is 0 Å². The van der Waals surface area contributed by atoms with Gasteiger partial charge in [0.05, 0.1) is 6.10 Å². The van der Waals surface area contributed by atoms with Crippen LogP contribution >= 0.6 is 0 Å². The van der Waals surface area contributed by atoms with Gasteiger partial charge in [0.1, 0.15) is 0 Å². The van der Waals surface area contributed by atoms with Crippen LogP contribution in [0.25, 0.3) is 0 Å². The van der Waals surface area contributed by atoms with Gasteiger partial charge in [-0.05, 0) is 37.8 Å². The molecule has 3 unspecified atom stereocenters. The van der Waals surface area contributed by atoms with E-state index in [9.17, 15) is 0 Å². The highest BCUT2D eigenvalue weighted by Crippen LogP contribution is 2.20. The van der Waals surface area contributed by atoms with Crippen LogP contribution in [0, 0.1) is 11.8 Å². The fourth-order valence-corrected chi connectivity index (χ4v) is 2.69. The monoisotopic (exact) mass is 256 g/mol. The van der Waals surface area contributed by atoms with Crippen LogP contribution in [0.3, 0.4) is 0 Å². The van der Waals surface area contributed by atoms with Gasteiger partial charge >= 0.3 is 0 Å². The third-order valence-electron chi connectivity index (χ3n) is 4.19. The van der Waals surface area contributed by atoms with Gasteiger partial charge in [-0.2, -0.15) is 0 Å². The number of likely N-dealkylation sites (tertiary alicyclic amines) is 1. The summed E-state index contributed by atoms with van der Waals surface area (Å²) in [4.78, 5) is 2.57. The lowest BCUT2D eigenvalue weighted by Gasteiger charge is -2.38. The van der Waals surface area contributed by atoms with Crippen molar-refractivity contribution >= 4 is 0 Å². The molecule has 1 heterocycles. The molecule has 3 atom stereocenters. The molecule has 0 aliphatic carbocycles. The Morgan fingerprint density at radius 2 is 2.11 bits per heavy atom. The summed E-state index contributed by atoms with van der Waals surface area (Å²) in [6, 6.07) is 0.607. The Balaban J connectivity index is 2.43. The van der Waals surface area contributed by atoms with E-state index in [0.29, 0.717) is 24.0 Å². The Morgan fingerprint density at radius 3 is 2.67 bits per heavy atom. The molecule has 0 amide bonds. The summed E-state index contributed by atoms with van der Waals surface area (Å²) in [5.74, 6) is 1.39. The molecular formula is C15H32N2O. The minimum atomic E-state index is 0.415. The first-order valence-electron chi connectivity index (χ1n) is 7.57. The molecule has 0 spiro atoms. The van der Waals surface area contributed by atoms with Crippen molar-refractivity contribution in [3.8, 4) is 0 Å². The van der Waals surface area contributed by atoms with Crippen molar-refractivity contribution in [2.45, 2.75) is 52.7 Å². The van der Waals surface area contributed by atoms with Gasteiger partial charge in [-0.1, -0.05) is 27.7 Å². The third-order valence-corrected chi connectivity index (χ3v) is 4.19. The molecule has 1 fully saturated rings. The molecule has 0 aromatic heterocycles. The molecular weight excluding hydrogens is 224 g/mol. The number of ether oxygens (including phenoxy) is 1. The molecule has 3 heteroatoms. The van der Waals surface area contributed by atoms with E-state index in [-0.39, 0.29) is 0 Å². The van der Waals surface area contributed by atoms with E-state index < -0.39 is 0 Å². The fourth-order valence-electron chi connectivity index (χ4n) is 2.69. The zero-order chi connectivity index (χ0) is 13.5. The average molecular weight is 256 g/mol. The Morgan fingerprint density at radius 1 is 1.39 bits per heavy atom. The first-order valence-corrected chi connectivity index (χ1v) is 7.57. The van der Waals surface area contributed by atoms with Crippen LogP contribution in [0.2, 0.25) is 0 Å². The predicted octanol–water partition coefficient (Wildman–Crippen LogP) is 2.37. The minimum Gasteiger partial charge on any atom is -0.380 e. The molecule has 1 aliphatic rings. The largest absolute Gasteiger partial charge is 0.380 e. The molecule has 0 bridgehead atoms. The van der Waals surface area contributed by atoms with Gasteiger partial charge in [0, 0.05) is 26.2 Å². The number of hydrogen-bond donors (Lipinski definition) is 1. The zero-order valence-electron chi connectivity index (χ0n) is 12.9. The van der Waals surface area contributed by atoms with Gasteiger partial charge in [0.2, 0.25) is 0 Å². The van der Waals surface area contributed by atoms with Crippen molar-refractivity contribution in [1.29, 1.82) is 0 Å². The molecule has 0 saturated carbocycles. The maximum absolute atomic E-state index is 5.59. The van der Waals surface area contributed by atoms with Gasteiger partial charge in [-0.3, -0.25) is 4.90 Å². The van der Waals surface area contributed by atoms with E-state index in [0.717, 1.165) is 19.6 Å². The molecule has 0 radical (unpaired) electrons. The molecule has 1 N–H and O–H groups in total. The first-order chi connectivity index (χ1) is 8.58. The maximum Gasteiger partial charge on any atom is 0.0724 e. The standard InChI is InChI=1S/C15H32N2O/c1-6-8-16-14(12(2)3)10-17-9-7-13(4)15(11-17)18-5/h12-16H,6-11H2,1-5H3. The summed E-state index contributed by atoms with van der Waals surface area (Å²) >= 11 is 0. The lowest BCUT2D eigenvalue weighted by molar-refractivity contribution is -0.00881. The van der Waals surface area contributed by atoms with Crippen molar-refractivity contribution in [2.24, 2.45) is 11.8 Å². The second-order valence-electron chi connectivity index (χ2n) is 6.10. The molecule has 18 heavy (non-hydrogen) atoms. The highest BCUT2D eigenvalue weighted by molar-refractivity contribution is 4.82. The number of nitrogens with one attached hydrogen (secondary N) is 1. The van der Waals surface area contributed by atoms with E-state index in [2.05, 4.69) is 37.9 Å². The average Bonchev–Trinajstić information content (AvgIpc) is 2.36. The minimum absolute atomic E-state index is 0.415. The second-order valence-corrected chi connectivity index (χ2v) is 6.10. The summed E-state index contributed by atoms with van der Waals surface area (Å²) in [6.07, 6.45) is 2.88. The quantitative estimate of drug-likeness (QED) is 0.757. The predicted molar refractivity (Wildman–Crippen MR) is 77.9 cm³/mol. The summed E-state index contributed by atoms with van der Waals surface area (Å²) in [7, 11) is 1.85. The van der Waals surface area contributed by atoms with E-state index >= 15 is 0 Å². The summed E-state index contributed by atoms with van der Waals surface area (Å²) in [5.41, 5.74) is 0. The third kappa shape index (κ3) is 4.87. The molecule has 1 aliphatic heterocycles. The molecule has 0 aromatic rings. The second kappa shape index (κ2) is 8.13. The van der Waals surface area contributed by atoms with Crippen LogP contribution in [0.1, 0.15) is 40.5 Å². The topological polar surface area (TPSA) is 24.5 Å². The smallest absolute Gasteiger partial charge is 0.0724 e. The fraction of sp³-hybridized carbons (Fsp3) is 1.00. The van der Waals surface area contributed by atoms with Crippen LogP contribution in [0.4, 0.5) is 0 Å². The number of nitrogens with zero attached hydrogens (tertiary/aromatic N) is 1. The van der Waals surface area contributed by atoms with E-state index in [1.165, 1.54) is 19.4 Å². The van der Waals surface area contributed by atoms with E-state index in [1.54, 1.807) is 0 Å². The van der Waals surface area contributed by atoms with Gasteiger partial charge in [0.25, 0.3) is 0 Å². The number of rotatable bonds is 7. The lowest BCUT2D eigenvalue weighted by Crippen LogP contribution is -2.50. The van der Waals surface area contributed by atoms with E-state index in [4.69, 9.17) is 4.74 Å². The lowest BCUT2D eigenvalue weighted by atomic mass is 9.94. The highest BCUT2D eigenvalue weighted by atomic mass is 16.5. The van der Waals surface area contributed by atoms with Gasteiger partial charge < -0.3 is 10.1 Å². The van der Waals surface area contributed by atoms with Crippen molar-refractivity contribution in [3.05, 3.63) is 0 Å². The van der Waals surface area contributed by atoms with Crippen LogP contribution in [-0.4, -0.2) is 50.3 Å². The number of methoxy groups -OCH3 is 1. The van der Waals surface area contributed by atoms with Gasteiger partial charge in [-0.15, -0.1) is 0 Å². The van der Waals surface area contributed by atoms with Crippen LogP contribution in [0.15, 0.2) is 0 Å². The Hall–Kier alpha value is -0.120. The molecule has 1 rings (SSSR count). The highest BCUT2D eigenvalue weighted by Gasteiger charge is 2.27. The SMILES string of the molecule is CCCNC(CN1CCC(C)C(OC)C1)C(C)C. The van der Waals surface area contributed by atoms with Crippen molar-refractivity contribution in [1.82, 2.24) is 10.2 Å². The number of piperidine rings is 1. The van der Waals surface area contributed by atoms with Crippen LogP contribution < -0.4 is 5.32 Å². The van der Waals surface area contributed by atoms with Crippen LogP contribution in [-0.2, 0) is 4.74 Å². The van der Waals surface area contributed by atoms with Crippen molar-refractivity contribution in [2.75, 3.05) is 33.3 Å². The zero-order valence-corrected chi connectivity index (χ0v) is 12.9. The normalized spacial score (nSPS) is 27.7. The van der Waals surface area contributed by atoms with E-state index in [1.807, 2.05) is 7.11 Å². The maximum atomic E-state index is 5.59. The molecule has 108 valence electrons. The Labute approximate surface area is 113 Å². The Kier molecular flexibility index (Phi) is 7.20. The van der Waals surface area contributed by atoms with Gasteiger partial charge in [-0.25, -0.2) is 0 Å². The molecule has 3 nitrogen and oxygen atoms in total. The number of hydrogen-bond acceptors (Lipinski definition) is 3. The van der Waals surface area contributed by atoms with Crippen LogP contribution in [0.5, 0.6) is 0 Å². The summed E-state index contributed by atoms with van der Waals surface area (Å²) in [6.45, 7) is 13.8.